The number of carbonyl (C=O) groups is 1. The molecule has 0 radical (unpaired) electrons. The maximum atomic E-state index is 10.5. The van der Waals surface area contributed by atoms with Gasteiger partial charge in [0.15, 0.2) is 0 Å². The van der Waals surface area contributed by atoms with Gasteiger partial charge in [0.1, 0.15) is 0 Å². The number of ether oxygens (including phenoxy) is 1. The van der Waals surface area contributed by atoms with Crippen molar-refractivity contribution in [1.82, 2.24) is 0 Å². The Labute approximate surface area is 167 Å². The molecule has 0 heterocycles. The zero-order valence-electron chi connectivity index (χ0n) is 11.4. The van der Waals surface area contributed by atoms with Gasteiger partial charge in [-0.25, -0.2) is 0 Å². The first kappa shape index (κ1) is 34.2. The Bertz CT molecular complexity index is 135. The molecule has 0 atom stereocenters. The van der Waals surface area contributed by atoms with Crippen molar-refractivity contribution in [3.63, 3.8) is 0 Å². The second-order valence-corrected chi connectivity index (χ2v) is 5.27. The van der Waals surface area contributed by atoms with E-state index in [9.17, 15) is 4.79 Å². The number of aliphatic hydroxyl groups excluding tert-OH is 1. The molecule has 0 saturated carbocycles. The van der Waals surface area contributed by atoms with Crippen molar-refractivity contribution in [3.05, 3.63) is 0 Å². The zero-order valence-corrected chi connectivity index (χ0v) is 17.5. The molecule has 0 aliphatic carbocycles. The highest BCUT2D eigenvalue weighted by Crippen LogP contribution is 1.90. The van der Waals surface area contributed by atoms with E-state index >= 15 is 0 Å². The molecule has 134 valence electrons. The number of carbonyl (C=O) groups excluding carboxylic acids is 1. The Morgan fingerprint density at radius 3 is 1.33 bits per heavy atom. The average molecular weight is 472 g/mol. The molecule has 0 amide bonds. The molecule has 0 aromatic carbocycles. The van der Waals surface area contributed by atoms with Crippen molar-refractivity contribution in [1.29, 1.82) is 0 Å². The molecule has 0 fully saturated rings. The van der Waals surface area contributed by atoms with E-state index < -0.39 is 0 Å². The fraction of sp³-hybridized carbons (Fsp3) is 0.900. The summed E-state index contributed by atoms with van der Waals surface area (Å²) in [5.74, 6) is -0.230. The third kappa shape index (κ3) is 111. The predicted molar refractivity (Wildman–Crippen MR) is 99.2 cm³/mol. The third-order valence-electron chi connectivity index (χ3n) is 0.844. The van der Waals surface area contributed by atoms with Gasteiger partial charge in [0.2, 0.25) is 0 Å². The van der Waals surface area contributed by atoms with Gasteiger partial charge in [-0.3, -0.25) is 4.79 Å². The maximum absolute atomic E-state index is 10.5. The minimum atomic E-state index is -0.230. The maximum Gasteiger partial charge on any atom is 0.305 e. The Balaban J connectivity index is -0.0000000593. The standard InChI is InChI=1S/C6H12O3.4CH2Cl2/c1-2-9-6(8)4-3-5-7;4*2-1-3/h7H,2-5H2,1H3;4*1H2. The van der Waals surface area contributed by atoms with Gasteiger partial charge in [0.25, 0.3) is 0 Å². The van der Waals surface area contributed by atoms with Crippen LogP contribution < -0.4 is 0 Å². The molecule has 0 aromatic heterocycles. The van der Waals surface area contributed by atoms with Crippen LogP contribution in [0.25, 0.3) is 0 Å². The number of hydrogen-bond acceptors (Lipinski definition) is 3. The van der Waals surface area contributed by atoms with Crippen molar-refractivity contribution in [3.8, 4) is 0 Å². The monoisotopic (exact) mass is 468 g/mol. The van der Waals surface area contributed by atoms with Gasteiger partial charge in [0, 0.05) is 13.0 Å². The molecule has 1 N–H and O–H groups in total. The summed E-state index contributed by atoms with van der Waals surface area (Å²) in [6.07, 6.45) is 0.823. The number of esters is 1. The third-order valence-corrected chi connectivity index (χ3v) is 0.844. The minimum absolute atomic E-state index is 0.0544. The highest BCUT2D eigenvalue weighted by molar-refractivity contribution is 6.41. The Kier molecular flexibility index (Phi) is 80.6. The lowest BCUT2D eigenvalue weighted by Gasteiger charge is -1.97. The Morgan fingerprint density at radius 1 is 0.857 bits per heavy atom. The van der Waals surface area contributed by atoms with Crippen LogP contribution in [0.4, 0.5) is 0 Å². The second kappa shape index (κ2) is 49.5. The molecular formula is C10H20Cl8O3. The van der Waals surface area contributed by atoms with Crippen LogP contribution in [0.1, 0.15) is 19.8 Å². The van der Waals surface area contributed by atoms with Gasteiger partial charge in [0.05, 0.1) is 28.0 Å². The second-order valence-electron chi connectivity index (χ2n) is 2.04. The van der Waals surface area contributed by atoms with Crippen LogP contribution in [0.5, 0.6) is 0 Å². The van der Waals surface area contributed by atoms with E-state index in [0.717, 1.165) is 0 Å². The normalized spacial score (nSPS) is 7.33. The predicted octanol–water partition coefficient (Wildman–Crippen LogP) is 6.01. The fourth-order valence-corrected chi connectivity index (χ4v) is 0.457. The Hall–Kier alpha value is 1.75. The van der Waals surface area contributed by atoms with Crippen molar-refractivity contribution >= 4 is 98.8 Å². The number of alkyl halides is 8. The quantitative estimate of drug-likeness (QED) is 0.403. The molecule has 3 nitrogen and oxygen atoms in total. The zero-order chi connectivity index (χ0) is 17.9. The van der Waals surface area contributed by atoms with Crippen LogP contribution in [0, 0.1) is 0 Å². The van der Waals surface area contributed by atoms with Gasteiger partial charge in [-0.15, -0.1) is 92.8 Å². The smallest absolute Gasteiger partial charge is 0.305 e. The molecular weight excluding hydrogens is 452 g/mol. The highest BCUT2D eigenvalue weighted by atomic mass is 35.5. The van der Waals surface area contributed by atoms with Gasteiger partial charge in [-0.1, -0.05) is 0 Å². The lowest BCUT2D eigenvalue weighted by atomic mass is 10.3. The number of hydrogen-bond donors (Lipinski definition) is 1. The van der Waals surface area contributed by atoms with Crippen molar-refractivity contribution in [2.45, 2.75) is 19.8 Å². The average Bonchev–Trinajstić information content (AvgIpc) is 2.40. The molecule has 0 bridgehead atoms. The number of rotatable bonds is 4. The summed E-state index contributed by atoms with van der Waals surface area (Å²) in [6, 6.07) is 0. The van der Waals surface area contributed by atoms with Crippen molar-refractivity contribution in [2.24, 2.45) is 0 Å². The van der Waals surface area contributed by atoms with E-state index in [1.54, 1.807) is 6.92 Å². The largest absolute Gasteiger partial charge is 0.466 e. The Morgan fingerprint density at radius 2 is 1.14 bits per heavy atom. The van der Waals surface area contributed by atoms with E-state index in [-0.39, 0.29) is 33.9 Å². The van der Waals surface area contributed by atoms with E-state index in [1.807, 2.05) is 0 Å². The van der Waals surface area contributed by atoms with E-state index in [2.05, 4.69) is 4.74 Å². The summed E-state index contributed by atoms with van der Waals surface area (Å²) in [5.41, 5.74) is 0. The van der Waals surface area contributed by atoms with E-state index in [4.69, 9.17) is 97.9 Å². The molecule has 11 heteroatoms. The molecule has 0 aliphatic rings. The van der Waals surface area contributed by atoms with E-state index in [1.165, 1.54) is 0 Å². The summed E-state index contributed by atoms with van der Waals surface area (Å²) in [5, 5.41) is 9.05. The molecule has 0 saturated heterocycles. The van der Waals surface area contributed by atoms with Crippen LogP contribution in [0.2, 0.25) is 0 Å². The summed E-state index contributed by atoms with van der Waals surface area (Å²) in [6.45, 7) is 2.24. The van der Waals surface area contributed by atoms with Crippen molar-refractivity contribution in [2.75, 3.05) is 34.6 Å². The van der Waals surface area contributed by atoms with Crippen LogP contribution in [-0.4, -0.2) is 45.6 Å². The number of halogens is 8. The molecule has 0 unspecified atom stereocenters. The van der Waals surface area contributed by atoms with Gasteiger partial charge in [-0.05, 0) is 13.3 Å². The van der Waals surface area contributed by atoms with Crippen LogP contribution in [0.3, 0.4) is 0 Å². The first-order valence-electron chi connectivity index (χ1n) is 5.21. The topological polar surface area (TPSA) is 46.5 Å². The first-order chi connectivity index (χ1) is 9.96. The molecule has 21 heavy (non-hydrogen) atoms. The summed E-state index contributed by atoms with van der Waals surface area (Å²) >= 11 is 38.1. The fourth-order valence-electron chi connectivity index (χ4n) is 0.457. The summed E-state index contributed by atoms with van der Waals surface area (Å²) in [4.78, 5) is 10.5. The van der Waals surface area contributed by atoms with Crippen LogP contribution >= 0.6 is 92.8 Å². The van der Waals surface area contributed by atoms with Gasteiger partial charge >= 0.3 is 5.97 Å². The summed E-state index contributed by atoms with van der Waals surface area (Å²) < 4.78 is 4.59. The SMILES string of the molecule is CCOC(=O)CCCO.ClCCl.ClCCl.ClCCl.ClCCl. The van der Waals surface area contributed by atoms with E-state index in [0.29, 0.717) is 19.4 Å². The highest BCUT2D eigenvalue weighted by Gasteiger charge is 1.97. The number of aliphatic hydroxyl groups is 1. The first-order valence-corrected chi connectivity index (χ1v) is 9.49. The summed E-state index contributed by atoms with van der Waals surface area (Å²) in [7, 11) is 0. The minimum Gasteiger partial charge on any atom is -0.466 e. The van der Waals surface area contributed by atoms with Crippen molar-refractivity contribution < 1.29 is 14.6 Å². The molecule has 0 rings (SSSR count). The van der Waals surface area contributed by atoms with Gasteiger partial charge < -0.3 is 9.84 Å². The molecule has 0 spiro atoms. The van der Waals surface area contributed by atoms with Crippen LogP contribution in [-0.2, 0) is 9.53 Å². The van der Waals surface area contributed by atoms with Crippen LogP contribution in [0.15, 0.2) is 0 Å². The molecule has 0 aromatic rings. The lowest BCUT2D eigenvalue weighted by molar-refractivity contribution is -0.143. The lowest BCUT2D eigenvalue weighted by Crippen LogP contribution is -2.03. The van der Waals surface area contributed by atoms with Gasteiger partial charge in [-0.2, -0.15) is 0 Å². The molecule has 0 aliphatic heterocycles.